The number of carbonyl (C=O) groups is 2. The quantitative estimate of drug-likeness (QED) is 0.485. The molecule has 0 spiro atoms. The number of hydrogen-bond acceptors (Lipinski definition) is 3. The fourth-order valence-corrected chi connectivity index (χ4v) is 3.99. The van der Waals surface area contributed by atoms with E-state index in [-0.39, 0.29) is 11.8 Å². The number of carbonyl (C=O) groups excluding carboxylic acids is 2. The Morgan fingerprint density at radius 1 is 0.967 bits per heavy atom. The molecule has 30 heavy (non-hydrogen) atoms. The zero-order chi connectivity index (χ0) is 20.9. The maximum absolute atomic E-state index is 12.5. The largest absolute Gasteiger partial charge is 0.354 e. The first-order valence-electron chi connectivity index (χ1n) is 10.3. The zero-order valence-electron chi connectivity index (χ0n) is 17.2. The molecular formula is C24H26N4O2. The Labute approximate surface area is 176 Å². The summed E-state index contributed by atoms with van der Waals surface area (Å²) in [6.07, 6.45) is 4.26. The van der Waals surface area contributed by atoms with Gasteiger partial charge in [0.25, 0.3) is 11.8 Å². The zero-order valence-corrected chi connectivity index (χ0v) is 17.2. The number of benzene rings is 2. The average molecular weight is 402 g/mol. The minimum Gasteiger partial charge on any atom is -0.354 e. The summed E-state index contributed by atoms with van der Waals surface area (Å²) in [5.41, 5.74) is 3.66. The van der Waals surface area contributed by atoms with Crippen molar-refractivity contribution in [3.63, 3.8) is 0 Å². The van der Waals surface area contributed by atoms with Crippen LogP contribution < -0.4 is 5.32 Å². The molecule has 6 heteroatoms. The Kier molecular flexibility index (Phi) is 5.93. The average Bonchev–Trinajstić information content (AvgIpc) is 3.03. The lowest BCUT2D eigenvalue weighted by Crippen LogP contribution is -2.47. The molecule has 0 saturated carbocycles. The fraction of sp³-hybridized carbons (Fsp3) is 0.292. The third-order valence-electron chi connectivity index (χ3n) is 5.58. The number of nitrogens with one attached hydrogen (secondary N) is 1. The molecule has 2 amide bonds. The Bertz CT molecular complexity index is 952. The summed E-state index contributed by atoms with van der Waals surface area (Å²) in [5, 5.41) is 3.31. The fourth-order valence-electron chi connectivity index (χ4n) is 3.99. The maximum atomic E-state index is 12.5. The molecule has 4 rings (SSSR count). The second-order valence-electron chi connectivity index (χ2n) is 7.48. The molecular weight excluding hydrogens is 376 g/mol. The number of likely N-dealkylation sites (tertiary alicyclic amines) is 1. The maximum Gasteiger partial charge on any atom is 0.261 e. The first-order chi connectivity index (χ1) is 14.7. The summed E-state index contributed by atoms with van der Waals surface area (Å²) in [6, 6.07) is 17.4. The van der Waals surface area contributed by atoms with E-state index in [9.17, 15) is 9.59 Å². The summed E-state index contributed by atoms with van der Waals surface area (Å²) in [5.74, 6) is 0.368. The molecule has 2 aliphatic heterocycles. The topological polar surface area (TPSA) is 65.0 Å². The Morgan fingerprint density at radius 3 is 2.17 bits per heavy atom. The predicted molar refractivity (Wildman–Crippen MR) is 118 cm³/mol. The number of rotatable bonds is 4. The Balaban J connectivity index is 1.29. The summed E-state index contributed by atoms with van der Waals surface area (Å²) >= 11 is 0. The smallest absolute Gasteiger partial charge is 0.261 e. The summed E-state index contributed by atoms with van der Waals surface area (Å²) in [4.78, 5) is 32.9. The molecule has 0 radical (unpaired) electrons. The van der Waals surface area contributed by atoms with Gasteiger partial charge in [-0.25, -0.2) is 0 Å². The van der Waals surface area contributed by atoms with Gasteiger partial charge in [-0.15, -0.1) is 0 Å². The highest BCUT2D eigenvalue weighted by Gasteiger charge is 2.34. The van der Waals surface area contributed by atoms with Crippen molar-refractivity contribution in [2.45, 2.75) is 12.8 Å². The molecule has 0 aliphatic carbocycles. The van der Waals surface area contributed by atoms with Gasteiger partial charge in [-0.05, 0) is 30.5 Å². The van der Waals surface area contributed by atoms with Gasteiger partial charge in [0.1, 0.15) is 0 Å². The van der Waals surface area contributed by atoms with Crippen LogP contribution in [0, 0.1) is 0 Å². The van der Waals surface area contributed by atoms with E-state index in [1.54, 1.807) is 31.3 Å². The van der Waals surface area contributed by atoms with Gasteiger partial charge in [-0.2, -0.15) is 0 Å². The minimum absolute atomic E-state index is 0.221. The van der Waals surface area contributed by atoms with Crippen molar-refractivity contribution >= 4 is 23.8 Å². The number of nitrogens with zero attached hydrogens (tertiary/aromatic N) is 3. The van der Waals surface area contributed by atoms with Gasteiger partial charge in [-0.3, -0.25) is 19.5 Å². The molecule has 0 aromatic heterocycles. The molecule has 1 fully saturated rings. The van der Waals surface area contributed by atoms with Gasteiger partial charge in [0, 0.05) is 33.2 Å². The number of hydrogen-bond donors (Lipinski definition) is 1. The molecule has 0 unspecified atom stereocenters. The van der Waals surface area contributed by atoms with Crippen LogP contribution in [0.2, 0.25) is 0 Å². The highest BCUT2D eigenvalue weighted by Crippen LogP contribution is 2.22. The van der Waals surface area contributed by atoms with Crippen LogP contribution in [0.5, 0.6) is 0 Å². The van der Waals surface area contributed by atoms with E-state index < -0.39 is 0 Å². The summed E-state index contributed by atoms with van der Waals surface area (Å²) in [6.45, 7) is 2.58. The lowest BCUT2D eigenvalue weighted by Gasteiger charge is -2.31. The first-order valence-corrected chi connectivity index (χ1v) is 10.3. The van der Waals surface area contributed by atoms with Gasteiger partial charge in [0.15, 0.2) is 5.96 Å². The second kappa shape index (κ2) is 8.95. The third-order valence-corrected chi connectivity index (χ3v) is 5.58. The SMILES string of the molecule is CN=C(NCCN1C(=O)c2ccccc2C1=O)N1CCC(=Cc2ccccc2)CC1. The molecule has 6 nitrogen and oxygen atoms in total. The minimum atomic E-state index is -0.221. The van der Waals surface area contributed by atoms with Crippen molar-refractivity contribution < 1.29 is 9.59 Å². The first kappa shape index (κ1) is 19.9. The van der Waals surface area contributed by atoms with Crippen LogP contribution in [0.25, 0.3) is 6.08 Å². The lowest BCUT2D eigenvalue weighted by molar-refractivity contribution is 0.0657. The van der Waals surface area contributed by atoms with Gasteiger partial charge in [-0.1, -0.05) is 54.1 Å². The van der Waals surface area contributed by atoms with E-state index in [4.69, 9.17) is 0 Å². The van der Waals surface area contributed by atoms with Crippen LogP contribution in [-0.2, 0) is 0 Å². The van der Waals surface area contributed by atoms with Crippen molar-refractivity contribution in [2.75, 3.05) is 33.2 Å². The third kappa shape index (κ3) is 4.13. The Morgan fingerprint density at radius 2 is 1.57 bits per heavy atom. The van der Waals surface area contributed by atoms with Crippen molar-refractivity contribution in [3.8, 4) is 0 Å². The molecule has 2 aromatic rings. The highest BCUT2D eigenvalue weighted by atomic mass is 16.2. The standard InChI is InChI=1S/C24H26N4O2/c1-25-24(27-14-11-19(12-15-27)17-18-7-3-2-4-8-18)26-13-16-28-22(29)20-9-5-6-10-21(20)23(28)30/h2-10,17H,11-16H2,1H3,(H,25,26). The molecule has 1 N–H and O–H groups in total. The summed E-state index contributed by atoms with van der Waals surface area (Å²) < 4.78 is 0. The van der Waals surface area contributed by atoms with E-state index in [1.165, 1.54) is 16.0 Å². The number of fused-ring (bicyclic) bond motifs is 1. The van der Waals surface area contributed by atoms with E-state index in [0.717, 1.165) is 31.9 Å². The monoisotopic (exact) mass is 402 g/mol. The molecule has 154 valence electrons. The number of aliphatic imine (C=N–C) groups is 1. The second-order valence-corrected chi connectivity index (χ2v) is 7.48. The van der Waals surface area contributed by atoms with Crippen LogP contribution in [0.15, 0.2) is 65.2 Å². The van der Waals surface area contributed by atoms with E-state index in [0.29, 0.717) is 24.2 Å². The molecule has 0 atom stereocenters. The molecule has 1 saturated heterocycles. The van der Waals surface area contributed by atoms with Crippen molar-refractivity contribution in [3.05, 3.63) is 76.9 Å². The van der Waals surface area contributed by atoms with Gasteiger partial charge < -0.3 is 10.2 Å². The van der Waals surface area contributed by atoms with E-state index >= 15 is 0 Å². The number of imide groups is 1. The van der Waals surface area contributed by atoms with Gasteiger partial charge in [0.2, 0.25) is 0 Å². The van der Waals surface area contributed by atoms with Crippen LogP contribution in [0.1, 0.15) is 39.1 Å². The van der Waals surface area contributed by atoms with Crippen LogP contribution in [0.4, 0.5) is 0 Å². The molecule has 0 bridgehead atoms. The van der Waals surface area contributed by atoms with Crippen LogP contribution in [0.3, 0.4) is 0 Å². The Hall–Kier alpha value is -3.41. The van der Waals surface area contributed by atoms with E-state index in [1.807, 2.05) is 6.07 Å². The number of amides is 2. The summed E-state index contributed by atoms with van der Waals surface area (Å²) in [7, 11) is 1.76. The van der Waals surface area contributed by atoms with Gasteiger partial charge in [0.05, 0.1) is 11.1 Å². The molecule has 2 aliphatic rings. The van der Waals surface area contributed by atoms with Crippen LogP contribution >= 0.6 is 0 Å². The van der Waals surface area contributed by atoms with Crippen molar-refractivity contribution in [1.29, 1.82) is 0 Å². The van der Waals surface area contributed by atoms with Crippen LogP contribution in [-0.4, -0.2) is 60.8 Å². The van der Waals surface area contributed by atoms with Crippen molar-refractivity contribution in [2.24, 2.45) is 4.99 Å². The molecule has 2 heterocycles. The predicted octanol–water partition coefficient (Wildman–Crippen LogP) is 3.04. The lowest BCUT2D eigenvalue weighted by atomic mass is 10.0. The van der Waals surface area contributed by atoms with E-state index in [2.05, 4.69) is 45.6 Å². The number of piperidine rings is 1. The molecule has 2 aromatic carbocycles. The van der Waals surface area contributed by atoms with Gasteiger partial charge >= 0.3 is 0 Å². The normalized spacial score (nSPS) is 16.7. The van der Waals surface area contributed by atoms with Crippen molar-refractivity contribution in [1.82, 2.24) is 15.1 Å². The highest BCUT2D eigenvalue weighted by molar-refractivity contribution is 6.21. The number of guanidine groups is 1.